The largest absolute Gasteiger partial charge is 0.347 e. The monoisotopic (exact) mass is 346 g/mol. The Balaban J connectivity index is 1.69. The second-order valence-electron chi connectivity index (χ2n) is 5.86. The minimum atomic E-state index is -3.04. The van der Waals surface area contributed by atoms with Crippen LogP contribution in [0.2, 0.25) is 0 Å². The molecular weight excluding hydrogens is 328 g/mol. The summed E-state index contributed by atoms with van der Waals surface area (Å²) in [4.78, 5) is 20.3. The fourth-order valence-electron chi connectivity index (χ4n) is 2.59. The van der Waals surface area contributed by atoms with E-state index in [0.29, 0.717) is 12.2 Å². The van der Waals surface area contributed by atoms with Crippen molar-refractivity contribution in [3.63, 3.8) is 0 Å². The second-order valence-corrected chi connectivity index (χ2v) is 8.09. The molecule has 3 rings (SSSR count). The van der Waals surface area contributed by atoms with Crippen molar-refractivity contribution in [3.05, 3.63) is 47.9 Å². The van der Waals surface area contributed by atoms with Crippen LogP contribution in [0, 0.1) is 6.92 Å². The maximum atomic E-state index is 12.2. The molecule has 1 unspecified atom stereocenters. The van der Waals surface area contributed by atoms with Crippen LogP contribution in [0.25, 0.3) is 0 Å². The Hall–Kier alpha value is -2.48. The van der Waals surface area contributed by atoms with E-state index in [4.69, 9.17) is 0 Å². The molecule has 126 valence electrons. The quantitative estimate of drug-likeness (QED) is 0.869. The van der Waals surface area contributed by atoms with Crippen LogP contribution in [0.1, 0.15) is 22.5 Å². The lowest BCUT2D eigenvalue weighted by Gasteiger charge is -2.11. The van der Waals surface area contributed by atoms with Gasteiger partial charge in [0.05, 0.1) is 11.5 Å². The molecule has 2 heterocycles. The molecule has 0 aliphatic carbocycles. The summed E-state index contributed by atoms with van der Waals surface area (Å²) >= 11 is 0. The van der Waals surface area contributed by atoms with Gasteiger partial charge in [0, 0.05) is 17.8 Å². The van der Waals surface area contributed by atoms with Crippen molar-refractivity contribution < 1.29 is 13.2 Å². The van der Waals surface area contributed by atoms with E-state index in [1.54, 1.807) is 6.07 Å². The number of nitrogens with one attached hydrogen (secondary N) is 2. The van der Waals surface area contributed by atoms with E-state index in [9.17, 15) is 13.2 Å². The summed E-state index contributed by atoms with van der Waals surface area (Å²) in [7, 11) is -3.04. The van der Waals surface area contributed by atoms with Crippen LogP contribution in [0.15, 0.2) is 36.7 Å². The summed E-state index contributed by atoms with van der Waals surface area (Å²) < 4.78 is 22.9. The number of sulfone groups is 1. The maximum Gasteiger partial charge on any atom is 0.270 e. The molecule has 0 saturated carbocycles. The Kier molecular flexibility index (Phi) is 4.48. The van der Waals surface area contributed by atoms with E-state index in [2.05, 4.69) is 20.6 Å². The van der Waals surface area contributed by atoms with Gasteiger partial charge in [-0.15, -0.1) is 0 Å². The van der Waals surface area contributed by atoms with Gasteiger partial charge >= 0.3 is 0 Å². The molecule has 1 saturated heterocycles. The zero-order valence-corrected chi connectivity index (χ0v) is 14.0. The minimum Gasteiger partial charge on any atom is -0.347 e. The van der Waals surface area contributed by atoms with E-state index in [-0.39, 0.29) is 23.2 Å². The van der Waals surface area contributed by atoms with Crippen molar-refractivity contribution >= 4 is 27.2 Å². The molecular formula is C16H18N4O3S. The molecule has 0 radical (unpaired) electrons. The first kappa shape index (κ1) is 16.4. The average molecular weight is 346 g/mol. The predicted octanol–water partition coefficient (Wildman–Crippen LogP) is 1.45. The first-order valence-corrected chi connectivity index (χ1v) is 9.40. The zero-order valence-electron chi connectivity index (χ0n) is 13.2. The van der Waals surface area contributed by atoms with Gasteiger partial charge in [-0.05, 0) is 31.0 Å². The number of rotatable bonds is 4. The van der Waals surface area contributed by atoms with Gasteiger partial charge in [0.25, 0.3) is 5.91 Å². The number of aryl methyl sites for hydroxylation is 1. The zero-order chi connectivity index (χ0) is 17.2. The number of amides is 1. The van der Waals surface area contributed by atoms with E-state index in [0.717, 1.165) is 11.3 Å². The maximum absolute atomic E-state index is 12.2. The van der Waals surface area contributed by atoms with Crippen molar-refractivity contribution in [1.82, 2.24) is 15.3 Å². The number of hydrogen-bond acceptors (Lipinski definition) is 6. The Bertz CT molecular complexity index is 867. The minimum absolute atomic E-state index is 0.0157. The molecule has 1 aromatic heterocycles. The predicted molar refractivity (Wildman–Crippen MR) is 91.0 cm³/mol. The Morgan fingerprint density at radius 2 is 2.08 bits per heavy atom. The van der Waals surface area contributed by atoms with E-state index < -0.39 is 15.7 Å². The van der Waals surface area contributed by atoms with E-state index in [1.807, 2.05) is 31.2 Å². The lowest BCUT2D eigenvalue weighted by molar-refractivity contribution is 0.0936. The van der Waals surface area contributed by atoms with Crippen molar-refractivity contribution in [2.45, 2.75) is 19.4 Å². The highest BCUT2D eigenvalue weighted by Gasteiger charge is 2.29. The summed E-state index contributed by atoms with van der Waals surface area (Å²) in [6.07, 6.45) is 1.74. The molecule has 1 aliphatic heterocycles. The number of benzene rings is 1. The van der Waals surface area contributed by atoms with Crippen LogP contribution in [-0.4, -0.2) is 41.8 Å². The topological polar surface area (TPSA) is 101 Å². The van der Waals surface area contributed by atoms with Gasteiger partial charge in [-0.1, -0.05) is 12.1 Å². The molecule has 0 spiro atoms. The first-order valence-electron chi connectivity index (χ1n) is 7.58. The molecule has 1 fully saturated rings. The van der Waals surface area contributed by atoms with Crippen LogP contribution in [0.4, 0.5) is 11.5 Å². The molecule has 1 aliphatic rings. The lowest BCUT2D eigenvalue weighted by Crippen LogP contribution is -2.36. The van der Waals surface area contributed by atoms with Gasteiger partial charge in [0.1, 0.15) is 17.8 Å². The number of aromatic nitrogens is 2. The van der Waals surface area contributed by atoms with Crippen LogP contribution >= 0.6 is 0 Å². The molecule has 2 N–H and O–H groups in total. The van der Waals surface area contributed by atoms with Gasteiger partial charge in [0.15, 0.2) is 9.84 Å². The number of carbonyl (C=O) groups is 1. The van der Waals surface area contributed by atoms with E-state index >= 15 is 0 Å². The Morgan fingerprint density at radius 1 is 1.25 bits per heavy atom. The highest BCUT2D eigenvalue weighted by molar-refractivity contribution is 7.91. The molecule has 8 heteroatoms. The SMILES string of the molecule is Cc1cccc(Nc2cc(C(=O)NC3CCS(=O)(=O)C3)ncn2)c1. The number of anilines is 2. The summed E-state index contributed by atoms with van der Waals surface area (Å²) in [6.45, 7) is 1.99. The van der Waals surface area contributed by atoms with Gasteiger partial charge < -0.3 is 10.6 Å². The standard InChI is InChI=1S/C16H18N4O3S/c1-11-3-2-4-12(7-11)19-15-8-14(17-10-18-15)16(21)20-13-5-6-24(22,23)9-13/h2-4,7-8,10,13H,5-6,9H2,1H3,(H,20,21)(H,17,18,19). The second kappa shape index (κ2) is 6.56. The molecule has 1 atom stereocenters. The van der Waals surface area contributed by atoms with Crippen LogP contribution in [0.3, 0.4) is 0 Å². The molecule has 1 aromatic carbocycles. The highest BCUT2D eigenvalue weighted by Crippen LogP contribution is 2.16. The number of hydrogen-bond donors (Lipinski definition) is 2. The summed E-state index contributed by atoms with van der Waals surface area (Å²) in [6, 6.07) is 8.96. The Morgan fingerprint density at radius 3 is 2.79 bits per heavy atom. The lowest BCUT2D eigenvalue weighted by atomic mass is 10.2. The molecule has 24 heavy (non-hydrogen) atoms. The van der Waals surface area contributed by atoms with Crippen LogP contribution in [0.5, 0.6) is 0 Å². The van der Waals surface area contributed by atoms with Gasteiger partial charge in [-0.3, -0.25) is 4.79 Å². The number of carbonyl (C=O) groups excluding carboxylic acids is 1. The number of nitrogens with zero attached hydrogens (tertiary/aromatic N) is 2. The van der Waals surface area contributed by atoms with Gasteiger partial charge in [-0.25, -0.2) is 18.4 Å². The summed E-state index contributed by atoms with van der Waals surface area (Å²) in [5, 5.41) is 5.83. The third kappa shape index (κ3) is 4.08. The fourth-order valence-corrected chi connectivity index (χ4v) is 4.26. The van der Waals surface area contributed by atoms with Crippen LogP contribution < -0.4 is 10.6 Å². The summed E-state index contributed by atoms with van der Waals surface area (Å²) in [5.74, 6) is 0.201. The third-order valence-electron chi connectivity index (χ3n) is 3.76. The molecule has 7 nitrogen and oxygen atoms in total. The van der Waals surface area contributed by atoms with Crippen molar-refractivity contribution in [1.29, 1.82) is 0 Å². The normalized spacial score (nSPS) is 19.0. The Labute approximate surface area is 140 Å². The molecule has 2 aromatic rings. The van der Waals surface area contributed by atoms with Crippen LogP contribution in [-0.2, 0) is 9.84 Å². The third-order valence-corrected chi connectivity index (χ3v) is 5.53. The molecule has 0 bridgehead atoms. The highest BCUT2D eigenvalue weighted by atomic mass is 32.2. The van der Waals surface area contributed by atoms with Crippen molar-refractivity contribution in [2.75, 3.05) is 16.8 Å². The van der Waals surface area contributed by atoms with Crippen molar-refractivity contribution in [2.24, 2.45) is 0 Å². The van der Waals surface area contributed by atoms with E-state index in [1.165, 1.54) is 6.33 Å². The van der Waals surface area contributed by atoms with Crippen molar-refractivity contribution in [3.8, 4) is 0 Å². The smallest absolute Gasteiger partial charge is 0.270 e. The molecule has 1 amide bonds. The average Bonchev–Trinajstić information content (AvgIpc) is 2.86. The fraction of sp³-hybridized carbons (Fsp3) is 0.312. The van der Waals surface area contributed by atoms with Gasteiger partial charge in [0.2, 0.25) is 0 Å². The first-order chi connectivity index (χ1) is 11.4. The van der Waals surface area contributed by atoms with Gasteiger partial charge in [-0.2, -0.15) is 0 Å². The summed E-state index contributed by atoms with van der Waals surface area (Å²) in [5.41, 5.74) is 2.17.